The second-order valence-corrected chi connectivity index (χ2v) is 4.90. The molecular weight excluding hydrogens is 222 g/mol. The summed E-state index contributed by atoms with van der Waals surface area (Å²) in [4.78, 5) is 14.8. The van der Waals surface area contributed by atoms with Crippen LogP contribution in [0.3, 0.4) is 0 Å². The molecule has 18 heavy (non-hydrogen) atoms. The summed E-state index contributed by atoms with van der Waals surface area (Å²) < 4.78 is 0. The van der Waals surface area contributed by atoms with E-state index in [1.165, 1.54) is 16.5 Å². The van der Waals surface area contributed by atoms with Gasteiger partial charge in [0, 0.05) is 23.5 Å². The van der Waals surface area contributed by atoms with Crippen LogP contribution in [0.5, 0.6) is 0 Å². The van der Waals surface area contributed by atoms with Gasteiger partial charge in [-0.05, 0) is 44.4 Å². The van der Waals surface area contributed by atoms with Crippen LogP contribution in [0.25, 0.3) is 10.9 Å². The number of hydrogen-bond acceptors (Lipinski definition) is 1. The summed E-state index contributed by atoms with van der Waals surface area (Å²) in [7, 11) is 0. The molecule has 0 fully saturated rings. The van der Waals surface area contributed by atoms with Gasteiger partial charge in [-0.25, -0.2) is 0 Å². The SMILES string of the molecule is CC(C)=CC(=O)CCCc1c[nH]c2ccccc12. The van der Waals surface area contributed by atoms with Crippen molar-refractivity contribution in [3.63, 3.8) is 0 Å². The largest absolute Gasteiger partial charge is 0.361 e. The highest BCUT2D eigenvalue weighted by molar-refractivity contribution is 5.90. The minimum atomic E-state index is 0.231. The van der Waals surface area contributed by atoms with Gasteiger partial charge in [-0.1, -0.05) is 23.8 Å². The van der Waals surface area contributed by atoms with E-state index in [-0.39, 0.29) is 5.78 Å². The summed E-state index contributed by atoms with van der Waals surface area (Å²) in [6.45, 7) is 3.91. The zero-order valence-electron chi connectivity index (χ0n) is 11.0. The summed E-state index contributed by atoms with van der Waals surface area (Å²) in [5.41, 5.74) is 3.55. The van der Waals surface area contributed by atoms with Crippen LogP contribution >= 0.6 is 0 Å². The number of aromatic nitrogens is 1. The summed E-state index contributed by atoms with van der Waals surface area (Å²) in [5, 5.41) is 1.27. The molecule has 2 aromatic rings. The van der Waals surface area contributed by atoms with E-state index in [1.807, 2.05) is 26.0 Å². The number of carbonyl (C=O) groups excluding carboxylic acids is 1. The lowest BCUT2D eigenvalue weighted by molar-refractivity contribution is -0.114. The molecule has 0 radical (unpaired) electrons. The molecule has 0 unspecified atom stereocenters. The van der Waals surface area contributed by atoms with Gasteiger partial charge >= 0.3 is 0 Å². The van der Waals surface area contributed by atoms with E-state index < -0.39 is 0 Å². The molecule has 0 aliphatic heterocycles. The summed E-state index contributed by atoms with van der Waals surface area (Å²) >= 11 is 0. The number of H-pyrrole nitrogens is 1. The molecule has 0 saturated carbocycles. The lowest BCUT2D eigenvalue weighted by Crippen LogP contribution is -1.95. The van der Waals surface area contributed by atoms with E-state index in [9.17, 15) is 4.79 Å². The van der Waals surface area contributed by atoms with Crippen molar-refractivity contribution < 1.29 is 4.79 Å². The van der Waals surface area contributed by atoms with Crippen LogP contribution < -0.4 is 0 Å². The Kier molecular flexibility index (Phi) is 3.98. The average molecular weight is 241 g/mol. The normalized spacial score (nSPS) is 10.6. The number of carbonyl (C=O) groups is 1. The molecule has 1 N–H and O–H groups in total. The highest BCUT2D eigenvalue weighted by Crippen LogP contribution is 2.19. The number of rotatable bonds is 5. The first-order valence-corrected chi connectivity index (χ1v) is 6.39. The van der Waals surface area contributed by atoms with Crippen LogP contribution in [0.4, 0.5) is 0 Å². The van der Waals surface area contributed by atoms with Crippen molar-refractivity contribution in [2.75, 3.05) is 0 Å². The Morgan fingerprint density at radius 1 is 1.28 bits per heavy atom. The molecule has 0 bridgehead atoms. The van der Waals surface area contributed by atoms with E-state index in [2.05, 4.69) is 23.3 Å². The van der Waals surface area contributed by atoms with Gasteiger partial charge in [0.15, 0.2) is 5.78 Å². The molecule has 2 nitrogen and oxygen atoms in total. The first-order chi connectivity index (χ1) is 8.66. The minimum Gasteiger partial charge on any atom is -0.361 e. The Morgan fingerprint density at radius 2 is 2.06 bits per heavy atom. The zero-order valence-corrected chi connectivity index (χ0v) is 11.0. The van der Waals surface area contributed by atoms with E-state index in [0.29, 0.717) is 6.42 Å². The monoisotopic (exact) mass is 241 g/mol. The lowest BCUT2D eigenvalue weighted by Gasteiger charge is -1.98. The number of allylic oxidation sites excluding steroid dienone is 2. The summed E-state index contributed by atoms with van der Waals surface area (Å²) in [5.74, 6) is 0.231. The number of hydrogen-bond donors (Lipinski definition) is 1. The molecular formula is C16H19NO. The van der Waals surface area contributed by atoms with Crippen LogP contribution in [0, 0.1) is 0 Å². The second kappa shape index (κ2) is 5.67. The summed E-state index contributed by atoms with van der Waals surface area (Å²) in [6, 6.07) is 8.28. The third kappa shape index (κ3) is 3.10. The van der Waals surface area contributed by atoms with E-state index >= 15 is 0 Å². The smallest absolute Gasteiger partial charge is 0.155 e. The maximum atomic E-state index is 11.6. The predicted molar refractivity (Wildman–Crippen MR) is 75.7 cm³/mol. The van der Waals surface area contributed by atoms with Gasteiger partial charge in [-0.3, -0.25) is 4.79 Å². The zero-order chi connectivity index (χ0) is 13.0. The predicted octanol–water partition coefficient (Wildman–Crippen LogP) is 4.03. The van der Waals surface area contributed by atoms with Gasteiger partial charge < -0.3 is 4.98 Å². The van der Waals surface area contributed by atoms with Crippen molar-refractivity contribution in [3.8, 4) is 0 Å². The number of ketones is 1. The van der Waals surface area contributed by atoms with Crippen LogP contribution in [-0.2, 0) is 11.2 Å². The Bertz CT molecular complexity index is 574. The molecule has 0 amide bonds. The van der Waals surface area contributed by atoms with Crippen molar-refractivity contribution in [2.45, 2.75) is 33.1 Å². The maximum Gasteiger partial charge on any atom is 0.155 e. The highest BCUT2D eigenvalue weighted by Gasteiger charge is 2.04. The second-order valence-electron chi connectivity index (χ2n) is 4.90. The minimum absolute atomic E-state index is 0.231. The van der Waals surface area contributed by atoms with Gasteiger partial charge in [-0.15, -0.1) is 0 Å². The first-order valence-electron chi connectivity index (χ1n) is 6.39. The molecule has 2 rings (SSSR count). The number of aryl methyl sites for hydroxylation is 1. The Balaban J connectivity index is 1.95. The summed E-state index contributed by atoms with van der Waals surface area (Å²) in [6.07, 6.45) is 6.27. The third-order valence-electron chi connectivity index (χ3n) is 2.99. The lowest BCUT2D eigenvalue weighted by atomic mass is 10.1. The van der Waals surface area contributed by atoms with Crippen molar-refractivity contribution in [2.24, 2.45) is 0 Å². The number of benzene rings is 1. The van der Waals surface area contributed by atoms with E-state index in [0.717, 1.165) is 18.4 Å². The van der Waals surface area contributed by atoms with Crippen molar-refractivity contribution in [1.82, 2.24) is 4.98 Å². The maximum absolute atomic E-state index is 11.6. The van der Waals surface area contributed by atoms with Crippen LogP contribution in [-0.4, -0.2) is 10.8 Å². The number of fused-ring (bicyclic) bond motifs is 1. The molecule has 0 aliphatic rings. The van der Waals surface area contributed by atoms with Crippen LogP contribution in [0.15, 0.2) is 42.1 Å². The molecule has 94 valence electrons. The molecule has 0 saturated heterocycles. The fourth-order valence-corrected chi connectivity index (χ4v) is 2.19. The average Bonchev–Trinajstić information content (AvgIpc) is 2.72. The molecule has 0 spiro atoms. The van der Waals surface area contributed by atoms with Crippen LogP contribution in [0.1, 0.15) is 32.3 Å². The molecule has 2 heteroatoms. The van der Waals surface area contributed by atoms with Gasteiger partial charge in [0.2, 0.25) is 0 Å². The Morgan fingerprint density at radius 3 is 2.83 bits per heavy atom. The fraction of sp³-hybridized carbons (Fsp3) is 0.312. The number of para-hydroxylation sites is 1. The standard InChI is InChI=1S/C16H19NO/c1-12(2)10-14(18)7-5-6-13-11-17-16-9-4-3-8-15(13)16/h3-4,8-11,17H,5-7H2,1-2H3. The molecule has 1 heterocycles. The van der Waals surface area contributed by atoms with Crippen molar-refractivity contribution in [1.29, 1.82) is 0 Å². The highest BCUT2D eigenvalue weighted by atomic mass is 16.1. The van der Waals surface area contributed by atoms with Crippen molar-refractivity contribution in [3.05, 3.63) is 47.7 Å². The van der Waals surface area contributed by atoms with Crippen molar-refractivity contribution >= 4 is 16.7 Å². The van der Waals surface area contributed by atoms with E-state index in [1.54, 1.807) is 6.08 Å². The molecule has 1 aromatic heterocycles. The van der Waals surface area contributed by atoms with Gasteiger partial charge in [0.05, 0.1) is 0 Å². The first kappa shape index (κ1) is 12.6. The molecule has 1 aromatic carbocycles. The van der Waals surface area contributed by atoms with E-state index in [4.69, 9.17) is 0 Å². The molecule has 0 aliphatic carbocycles. The fourth-order valence-electron chi connectivity index (χ4n) is 2.19. The topological polar surface area (TPSA) is 32.9 Å². The Hall–Kier alpha value is -1.83. The van der Waals surface area contributed by atoms with Gasteiger partial charge in [0.1, 0.15) is 0 Å². The quantitative estimate of drug-likeness (QED) is 0.788. The molecule has 0 atom stereocenters. The Labute approximate surface area is 108 Å². The van der Waals surface area contributed by atoms with Gasteiger partial charge in [-0.2, -0.15) is 0 Å². The number of aromatic amines is 1. The van der Waals surface area contributed by atoms with Crippen LogP contribution in [0.2, 0.25) is 0 Å². The van der Waals surface area contributed by atoms with Gasteiger partial charge in [0.25, 0.3) is 0 Å². The number of nitrogens with one attached hydrogen (secondary N) is 1. The third-order valence-corrected chi connectivity index (χ3v) is 2.99.